The monoisotopic (exact) mass is 435 g/mol. The molecule has 1 aliphatic rings. The van der Waals surface area contributed by atoms with E-state index in [-0.39, 0.29) is 17.8 Å². The van der Waals surface area contributed by atoms with Crippen LogP contribution in [0.5, 0.6) is 5.75 Å². The average Bonchev–Trinajstić information content (AvgIpc) is 2.79. The van der Waals surface area contributed by atoms with Gasteiger partial charge in [-0.1, -0.05) is 12.1 Å². The fourth-order valence-corrected chi connectivity index (χ4v) is 3.93. The normalized spacial score (nSPS) is 14.9. The fraction of sp³-hybridized carbons (Fsp3) is 0.417. The first kappa shape index (κ1) is 22.0. The molecule has 3 aromatic rings. The van der Waals surface area contributed by atoms with Crippen molar-refractivity contribution in [2.45, 2.75) is 33.7 Å². The van der Waals surface area contributed by atoms with Gasteiger partial charge in [-0.2, -0.15) is 0 Å². The summed E-state index contributed by atoms with van der Waals surface area (Å²) in [4.78, 5) is 29.1. The second-order valence-corrected chi connectivity index (χ2v) is 7.95. The van der Waals surface area contributed by atoms with Crippen LogP contribution in [0, 0.1) is 13.8 Å². The highest BCUT2D eigenvalue weighted by atomic mass is 16.5. The summed E-state index contributed by atoms with van der Waals surface area (Å²) in [6.07, 6.45) is 0. The van der Waals surface area contributed by atoms with Gasteiger partial charge in [0.2, 0.25) is 5.82 Å². The number of aromatic nitrogens is 3. The van der Waals surface area contributed by atoms with Crippen molar-refractivity contribution in [1.29, 1.82) is 0 Å². The molecule has 1 atom stereocenters. The molecule has 1 unspecified atom stereocenters. The number of anilines is 1. The van der Waals surface area contributed by atoms with E-state index in [0.717, 1.165) is 33.8 Å². The van der Waals surface area contributed by atoms with Gasteiger partial charge in [0.1, 0.15) is 11.6 Å². The SMILES string of the molecule is CCOc1ccc(C(C)NC(=O)c2nc(N3CCOCC3)c3c(C)cc(C)nc3n2)cc1. The number of ether oxygens (including phenoxy) is 2. The first-order valence-electron chi connectivity index (χ1n) is 11.0. The third kappa shape index (κ3) is 4.65. The zero-order valence-corrected chi connectivity index (χ0v) is 19.0. The van der Waals surface area contributed by atoms with Gasteiger partial charge in [0, 0.05) is 18.8 Å². The number of nitrogens with one attached hydrogen (secondary N) is 1. The molecule has 1 saturated heterocycles. The topological polar surface area (TPSA) is 89.5 Å². The molecule has 0 spiro atoms. The Morgan fingerprint density at radius 3 is 2.56 bits per heavy atom. The molecule has 0 aliphatic carbocycles. The maximum atomic E-state index is 13.1. The second kappa shape index (κ2) is 9.48. The first-order valence-corrected chi connectivity index (χ1v) is 11.0. The number of rotatable bonds is 6. The summed E-state index contributed by atoms with van der Waals surface area (Å²) in [6, 6.07) is 9.51. The Hall–Kier alpha value is -3.26. The molecular formula is C24H29N5O3. The fourth-order valence-electron chi connectivity index (χ4n) is 3.93. The summed E-state index contributed by atoms with van der Waals surface area (Å²) in [5.41, 5.74) is 3.41. The highest BCUT2D eigenvalue weighted by Gasteiger charge is 2.23. The molecule has 1 fully saturated rings. The van der Waals surface area contributed by atoms with E-state index < -0.39 is 0 Å². The molecule has 8 nitrogen and oxygen atoms in total. The first-order chi connectivity index (χ1) is 15.5. The van der Waals surface area contributed by atoms with Crippen molar-refractivity contribution < 1.29 is 14.3 Å². The van der Waals surface area contributed by atoms with Gasteiger partial charge in [0.25, 0.3) is 5.91 Å². The summed E-state index contributed by atoms with van der Waals surface area (Å²) in [5.74, 6) is 1.33. The molecule has 3 heterocycles. The molecule has 2 aromatic heterocycles. The molecule has 168 valence electrons. The largest absolute Gasteiger partial charge is 0.494 e. The van der Waals surface area contributed by atoms with Gasteiger partial charge in [-0.3, -0.25) is 4.79 Å². The Labute approximate surface area is 188 Å². The molecule has 0 bridgehead atoms. The molecule has 32 heavy (non-hydrogen) atoms. The lowest BCUT2D eigenvalue weighted by molar-refractivity contribution is 0.0929. The number of hydrogen-bond acceptors (Lipinski definition) is 7. The van der Waals surface area contributed by atoms with Crippen LogP contribution >= 0.6 is 0 Å². The van der Waals surface area contributed by atoms with E-state index in [2.05, 4.69) is 25.2 Å². The minimum atomic E-state index is -0.330. The van der Waals surface area contributed by atoms with Crippen LogP contribution in [0.1, 0.15) is 47.3 Å². The maximum absolute atomic E-state index is 13.1. The smallest absolute Gasteiger partial charge is 0.289 e. The highest BCUT2D eigenvalue weighted by molar-refractivity contribution is 5.97. The molecule has 8 heteroatoms. The number of aryl methyl sites for hydroxylation is 2. The Balaban J connectivity index is 1.64. The van der Waals surface area contributed by atoms with Gasteiger partial charge in [-0.15, -0.1) is 0 Å². The quantitative estimate of drug-likeness (QED) is 0.635. The van der Waals surface area contributed by atoms with E-state index in [1.807, 2.05) is 58.0 Å². The number of benzene rings is 1. The highest BCUT2D eigenvalue weighted by Crippen LogP contribution is 2.28. The van der Waals surface area contributed by atoms with Gasteiger partial charge in [0.15, 0.2) is 5.65 Å². The van der Waals surface area contributed by atoms with E-state index in [1.54, 1.807) is 0 Å². The van der Waals surface area contributed by atoms with Gasteiger partial charge >= 0.3 is 0 Å². The van der Waals surface area contributed by atoms with Crippen LogP contribution in [0.15, 0.2) is 30.3 Å². The minimum absolute atomic E-state index is 0.120. The number of carbonyl (C=O) groups is 1. The molecule has 1 aromatic carbocycles. The standard InChI is InChI=1S/C24H29N5O3/c1-5-32-19-8-6-18(7-9-19)17(4)26-24(30)22-27-21-20(15(2)14-16(3)25-21)23(28-22)29-10-12-31-13-11-29/h6-9,14,17H,5,10-13H2,1-4H3,(H,26,30). The van der Waals surface area contributed by atoms with E-state index in [9.17, 15) is 4.79 Å². The van der Waals surface area contributed by atoms with Crippen LogP contribution in [0.4, 0.5) is 5.82 Å². The van der Waals surface area contributed by atoms with Crippen molar-refractivity contribution in [3.8, 4) is 5.75 Å². The second-order valence-electron chi connectivity index (χ2n) is 7.95. The van der Waals surface area contributed by atoms with Gasteiger partial charge in [-0.05, 0) is 57.0 Å². The number of morpholine rings is 1. The number of carbonyl (C=O) groups excluding carboxylic acids is 1. The lowest BCUT2D eigenvalue weighted by Crippen LogP contribution is -2.38. The van der Waals surface area contributed by atoms with Gasteiger partial charge in [0.05, 0.1) is 31.2 Å². The predicted molar refractivity (Wildman–Crippen MR) is 123 cm³/mol. The lowest BCUT2D eigenvalue weighted by atomic mass is 10.1. The molecule has 1 N–H and O–H groups in total. The summed E-state index contributed by atoms with van der Waals surface area (Å²) in [6.45, 7) is 11.1. The van der Waals surface area contributed by atoms with E-state index in [0.29, 0.717) is 38.6 Å². The van der Waals surface area contributed by atoms with Crippen LogP contribution in [0.25, 0.3) is 11.0 Å². The van der Waals surface area contributed by atoms with Crippen LogP contribution in [0.3, 0.4) is 0 Å². The third-order valence-electron chi connectivity index (χ3n) is 5.53. The summed E-state index contributed by atoms with van der Waals surface area (Å²) < 4.78 is 11.0. The predicted octanol–water partition coefficient (Wildman–Crippen LogP) is 3.37. The third-order valence-corrected chi connectivity index (χ3v) is 5.53. The number of pyridine rings is 1. The van der Waals surface area contributed by atoms with Crippen molar-refractivity contribution >= 4 is 22.8 Å². The van der Waals surface area contributed by atoms with Crippen LogP contribution in [0.2, 0.25) is 0 Å². The van der Waals surface area contributed by atoms with Crippen molar-refractivity contribution in [1.82, 2.24) is 20.3 Å². The van der Waals surface area contributed by atoms with Crippen molar-refractivity contribution in [2.75, 3.05) is 37.8 Å². The number of hydrogen-bond donors (Lipinski definition) is 1. The zero-order chi connectivity index (χ0) is 22.7. The number of nitrogens with zero attached hydrogens (tertiary/aromatic N) is 4. The van der Waals surface area contributed by atoms with Crippen molar-refractivity contribution in [2.24, 2.45) is 0 Å². The van der Waals surface area contributed by atoms with Crippen molar-refractivity contribution in [3.05, 3.63) is 53.0 Å². The van der Waals surface area contributed by atoms with Gasteiger partial charge < -0.3 is 19.7 Å². The van der Waals surface area contributed by atoms with Crippen LogP contribution < -0.4 is 15.0 Å². The summed E-state index contributed by atoms with van der Waals surface area (Å²) in [5, 5.41) is 3.90. The summed E-state index contributed by atoms with van der Waals surface area (Å²) in [7, 11) is 0. The van der Waals surface area contributed by atoms with E-state index in [1.165, 1.54) is 0 Å². The minimum Gasteiger partial charge on any atom is -0.494 e. The Bertz CT molecular complexity index is 1110. The molecule has 4 rings (SSSR count). The van der Waals surface area contributed by atoms with E-state index in [4.69, 9.17) is 9.47 Å². The molecule has 1 amide bonds. The van der Waals surface area contributed by atoms with Crippen molar-refractivity contribution in [3.63, 3.8) is 0 Å². The zero-order valence-electron chi connectivity index (χ0n) is 19.0. The molecule has 1 aliphatic heterocycles. The lowest BCUT2D eigenvalue weighted by Gasteiger charge is -2.29. The van der Waals surface area contributed by atoms with E-state index >= 15 is 0 Å². The number of amides is 1. The van der Waals surface area contributed by atoms with Crippen LogP contribution in [-0.4, -0.2) is 53.8 Å². The number of fused-ring (bicyclic) bond motifs is 1. The maximum Gasteiger partial charge on any atom is 0.289 e. The summed E-state index contributed by atoms with van der Waals surface area (Å²) >= 11 is 0. The average molecular weight is 436 g/mol. The van der Waals surface area contributed by atoms with Gasteiger partial charge in [-0.25, -0.2) is 15.0 Å². The Morgan fingerprint density at radius 2 is 1.88 bits per heavy atom. The molecular weight excluding hydrogens is 406 g/mol. The molecule has 0 radical (unpaired) electrons. The Morgan fingerprint density at radius 1 is 1.16 bits per heavy atom. The Kier molecular flexibility index (Phi) is 6.50. The van der Waals surface area contributed by atoms with Crippen LogP contribution in [-0.2, 0) is 4.74 Å². The molecule has 0 saturated carbocycles.